The third-order valence-corrected chi connectivity index (χ3v) is 6.19. The lowest BCUT2D eigenvalue weighted by atomic mass is 9.90. The van der Waals surface area contributed by atoms with Gasteiger partial charge in [-0.3, -0.25) is 9.59 Å². The molecule has 0 bridgehead atoms. The van der Waals surface area contributed by atoms with Crippen LogP contribution in [0.4, 0.5) is 14.5 Å². The van der Waals surface area contributed by atoms with Gasteiger partial charge in [0.2, 0.25) is 0 Å². The van der Waals surface area contributed by atoms with E-state index in [2.05, 4.69) is 5.32 Å². The summed E-state index contributed by atoms with van der Waals surface area (Å²) in [6, 6.07) is 19.1. The molecule has 1 aliphatic carbocycles. The number of rotatable bonds is 6. The fourth-order valence-electron chi connectivity index (χ4n) is 4.37. The quantitative estimate of drug-likeness (QED) is 0.532. The summed E-state index contributed by atoms with van der Waals surface area (Å²) in [4.78, 5) is 28.0. The molecule has 3 N–H and O–H groups in total. The number of anilines is 1. The molecule has 1 fully saturated rings. The minimum Gasteiger partial charge on any atom is -0.331 e. The van der Waals surface area contributed by atoms with E-state index in [0.717, 1.165) is 43.4 Å². The van der Waals surface area contributed by atoms with E-state index < -0.39 is 17.5 Å². The SMILES string of the molecule is NC1CCC(N(Cc2ccccc2NC(=O)c2cc(F)cc(F)c2)C(=O)c2ccccc2)CC1. The Bertz CT molecular complexity index is 1140. The first kappa shape index (κ1) is 23.6. The summed E-state index contributed by atoms with van der Waals surface area (Å²) in [5.74, 6) is -2.37. The van der Waals surface area contributed by atoms with Crippen LogP contribution in [0, 0.1) is 11.6 Å². The molecule has 5 nitrogen and oxygen atoms in total. The third kappa shape index (κ3) is 5.66. The molecule has 0 radical (unpaired) electrons. The number of halogens is 2. The van der Waals surface area contributed by atoms with Crippen molar-refractivity contribution in [2.45, 2.75) is 44.3 Å². The van der Waals surface area contributed by atoms with Gasteiger partial charge >= 0.3 is 0 Å². The fraction of sp³-hybridized carbons (Fsp3) is 0.259. The van der Waals surface area contributed by atoms with Crippen LogP contribution >= 0.6 is 0 Å². The summed E-state index contributed by atoms with van der Waals surface area (Å²) in [5, 5.41) is 2.75. The van der Waals surface area contributed by atoms with Gasteiger partial charge in [0, 0.05) is 41.5 Å². The zero-order valence-corrected chi connectivity index (χ0v) is 18.7. The number of carbonyl (C=O) groups is 2. The molecule has 3 aromatic carbocycles. The molecule has 7 heteroatoms. The summed E-state index contributed by atoms with van der Waals surface area (Å²) in [6.07, 6.45) is 3.28. The van der Waals surface area contributed by atoms with Crippen LogP contribution in [0.5, 0.6) is 0 Å². The van der Waals surface area contributed by atoms with Crippen LogP contribution in [0.25, 0.3) is 0 Å². The van der Waals surface area contributed by atoms with Crippen molar-refractivity contribution < 1.29 is 18.4 Å². The molecule has 0 heterocycles. The van der Waals surface area contributed by atoms with Crippen LogP contribution in [-0.4, -0.2) is 28.8 Å². The Labute approximate surface area is 197 Å². The number of carbonyl (C=O) groups excluding carboxylic acids is 2. The second-order valence-electron chi connectivity index (χ2n) is 8.64. The fourth-order valence-corrected chi connectivity index (χ4v) is 4.37. The van der Waals surface area contributed by atoms with Gasteiger partial charge in [0.1, 0.15) is 11.6 Å². The highest BCUT2D eigenvalue weighted by atomic mass is 19.1. The zero-order chi connectivity index (χ0) is 24.1. The summed E-state index contributed by atoms with van der Waals surface area (Å²) in [5.41, 5.74) is 7.77. The smallest absolute Gasteiger partial charge is 0.255 e. The molecule has 2 amide bonds. The van der Waals surface area contributed by atoms with Crippen LogP contribution in [0.3, 0.4) is 0 Å². The van der Waals surface area contributed by atoms with Gasteiger partial charge in [0.15, 0.2) is 0 Å². The number of hydrogen-bond acceptors (Lipinski definition) is 3. The Kier molecular flexibility index (Phi) is 7.33. The van der Waals surface area contributed by atoms with Gasteiger partial charge < -0.3 is 16.0 Å². The van der Waals surface area contributed by atoms with E-state index in [1.807, 2.05) is 35.2 Å². The third-order valence-electron chi connectivity index (χ3n) is 6.19. The first-order valence-electron chi connectivity index (χ1n) is 11.4. The number of amides is 2. The van der Waals surface area contributed by atoms with E-state index in [1.54, 1.807) is 24.3 Å². The maximum Gasteiger partial charge on any atom is 0.255 e. The Morgan fingerprint density at radius 3 is 2.15 bits per heavy atom. The Hall–Kier alpha value is -3.58. The molecule has 0 atom stereocenters. The van der Waals surface area contributed by atoms with Gasteiger partial charge in [-0.1, -0.05) is 36.4 Å². The van der Waals surface area contributed by atoms with Crippen molar-refractivity contribution in [1.29, 1.82) is 0 Å². The average Bonchev–Trinajstić information content (AvgIpc) is 2.83. The van der Waals surface area contributed by atoms with E-state index in [9.17, 15) is 18.4 Å². The average molecular weight is 464 g/mol. The van der Waals surface area contributed by atoms with E-state index >= 15 is 0 Å². The van der Waals surface area contributed by atoms with Crippen LogP contribution in [0.2, 0.25) is 0 Å². The van der Waals surface area contributed by atoms with Crippen molar-refractivity contribution in [3.8, 4) is 0 Å². The van der Waals surface area contributed by atoms with Gasteiger partial charge in [-0.25, -0.2) is 8.78 Å². The summed E-state index contributed by atoms with van der Waals surface area (Å²) >= 11 is 0. The van der Waals surface area contributed by atoms with E-state index in [4.69, 9.17) is 5.73 Å². The standard InChI is InChI=1S/C27H27F2N3O2/c28-21-14-20(15-22(29)16-21)26(33)31-25-9-5-4-8-19(25)17-32(24-12-10-23(30)11-13-24)27(34)18-6-2-1-3-7-18/h1-9,14-16,23-24H,10-13,17,30H2,(H,31,33). The molecule has 34 heavy (non-hydrogen) atoms. The van der Waals surface area contributed by atoms with Crippen molar-refractivity contribution in [2.24, 2.45) is 5.73 Å². The van der Waals surface area contributed by atoms with Crippen molar-refractivity contribution in [3.05, 3.63) is 101 Å². The van der Waals surface area contributed by atoms with Gasteiger partial charge in [-0.05, 0) is 61.6 Å². The number of hydrogen-bond donors (Lipinski definition) is 2. The lowest BCUT2D eigenvalue weighted by Gasteiger charge is -2.36. The number of nitrogens with zero attached hydrogens (tertiary/aromatic N) is 1. The lowest BCUT2D eigenvalue weighted by Crippen LogP contribution is -2.44. The molecule has 1 aliphatic rings. The van der Waals surface area contributed by atoms with Crippen molar-refractivity contribution in [1.82, 2.24) is 4.90 Å². The number of benzene rings is 3. The summed E-state index contributed by atoms with van der Waals surface area (Å²) in [7, 11) is 0. The predicted octanol–water partition coefficient (Wildman–Crippen LogP) is 5.13. The first-order chi connectivity index (χ1) is 16.4. The molecule has 0 aromatic heterocycles. The maximum atomic E-state index is 13.6. The van der Waals surface area contributed by atoms with Crippen LogP contribution < -0.4 is 11.1 Å². The monoisotopic (exact) mass is 463 g/mol. The summed E-state index contributed by atoms with van der Waals surface area (Å²) < 4.78 is 27.2. The van der Waals surface area contributed by atoms with E-state index in [0.29, 0.717) is 17.3 Å². The summed E-state index contributed by atoms with van der Waals surface area (Å²) in [6.45, 7) is 0.279. The first-order valence-corrected chi connectivity index (χ1v) is 11.4. The van der Waals surface area contributed by atoms with Crippen LogP contribution in [0.15, 0.2) is 72.8 Å². The zero-order valence-electron chi connectivity index (χ0n) is 18.7. The number of nitrogens with one attached hydrogen (secondary N) is 1. The largest absolute Gasteiger partial charge is 0.331 e. The molecule has 176 valence electrons. The molecule has 0 aliphatic heterocycles. The number of nitrogens with two attached hydrogens (primary N) is 1. The second-order valence-corrected chi connectivity index (χ2v) is 8.64. The van der Waals surface area contributed by atoms with Crippen LogP contribution in [0.1, 0.15) is 52.0 Å². The van der Waals surface area contributed by atoms with Crippen molar-refractivity contribution in [3.63, 3.8) is 0 Å². The molecule has 0 unspecified atom stereocenters. The molecule has 4 rings (SSSR count). The number of para-hydroxylation sites is 1. The second kappa shape index (κ2) is 10.6. The van der Waals surface area contributed by atoms with Crippen LogP contribution in [-0.2, 0) is 6.54 Å². The van der Waals surface area contributed by atoms with Gasteiger partial charge in [0.05, 0.1) is 0 Å². The highest BCUT2D eigenvalue weighted by Gasteiger charge is 2.29. The maximum absolute atomic E-state index is 13.6. The minimum atomic E-state index is -0.825. The predicted molar refractivity (Wildman–Crippen MR) is 127 cm³/mol. The molecule has 1 saturated carbocycles. The van der Waals surface area contributed by atoms with Gasteiger partial charge in [-0.15, -0.1) is 0 Å². The normalized spacial score (nSPS) is 17.7. The molecule has 3 aromatic rings. The minimum absolute atomic E-state index is 0.0218. The van der Waals surface area contributed by atoms with E-state index in [-0.39, 0.29) is 30.1 Å². The van der Waals surface area contributed by atoms with Crippen molar-refractivity contribution in [2.75, 3.05) is 5.32 Å². The topological polar surface area (TPSA) is 75.4 Å². The molecular weight excluding hydrogens is 436 g/mol. The highest BCUT2D eigenvalue weighted by molar-refractivity contribution is 6.04. The van der Waals surface area contributed by atoms with Crippen molar-refractivity contribution >= 4 is 17.5 Å². The van der Waals surface area contributed by atoms with Gasteiger partial charge in [-0.2, -0.15) is 0 Å². The lowest BCUT2D eigenvalue weighted by molar-refractivity contribution is 0.0607. The molecule has 0 saturated heterocycles. The molecule has 0 spiro atoms. The Morgan fingerprint density at radius 1 is 0.853 bits per heavy atom. The Morgan fingerprint density at radius 2 is 1.47 bits per heavy atom. The highest BCUT2D eigenvalue weighted by Crippen LogP contribution is 2.27. The Balaban J connectivity index is 1.60. The molecular formula is C27H27F2N3O2. The van der Waals surface area contributed by atoms with E-state index in [1.165, 1.54) is 0 Å². The van der Waals surface area contributed by atoms with Gasteiger partial charge in [0.25, 0.3) is 11.8 Å².